The predicted molar refractivity (Wildman–Crippen MR) is 80.6 cm³/mol. The molecule has 0 aliphatic carbocycles. The molecule has 5 nitrogen and oxygen atoms in total. The number of halogens is 2. The van der Waals surface area contributed by atoms with Crippen LogP contribution in [0.25, 0.3) is 0 Å². The maximum atomic E-state index is 13.5. The second-order valence-electron chi connectivity index (χ2n) is 4.74. The van der Waals surface area contributed by atoms with Crippen LogP contribution in [0.15, 0.2) is 22.7 Å². The smallest absolute Gasteiger partial charge is 0.317 e. The summed E-state index contributed by atoms with van der Waals surface area (Å²) in [5.41, 5.74) is 0.321. The summed E-state index contributed by atoms with van der Waals surface area (Å²) in [6, 6.07) is 4.22. The number of hydrogen-bond donors (Lipinski definition) is 1. The molecule has 2 rings (SSSR count). The molecule has 0 unspecified atom stereocenters. The van der Waals surface area contributed by atoms with Gasteiger partial charge in [-0.25, -0.2) is 9.18 Å². The average Bonchev–Trinajstić information content (AvgIpc) is 2.50. The SMILES string of the molecule is CCNC(=O)N1CCN(C(=O)c2ccc(Br)c(F)c2)CC1. The molecule has 0 bridgehead atoms. The Hall–Kier alpha value is -1.63. The number of amides is 3. The minimum absolute atomic E-state index is 0.112. The van der Waals surface area contributed by atoms with Crippen molar-refractivity contribution in [3.05, 3.63) is 34.1 Å². The molecular weight excluding hydrogens is 341 g/mol. The van der Waals surface area contributed by atoms with E-state index in [0.717, 1.165) is 0 Å². The summed E-state index contributed by atoms with van der Waals surface area (Å²) >= 11 is 3.06. The quantitative estimate of drug-likeness (QED) is 0.880. The zero-order valence-electron chi connectivity index (χ0n) is 11.7. The molecule has 1 saturated heterocycles. The minimum atomic E-state index is -0.457. The fourth-order valence-electron chi connectivity index (χ4n) is 2.19. The number of nitrogens with one attached hydrogen (secondary N) is 1. The highest BCUT2D eigenvalue weighted by atomic mass is 79.9. The van der Waals surface area contributed by atoms with Gasteiger partial charge in [0.15, 0.2) is 0 Å². The molecule has 0 saturated carbocycles. The minimum Gasteiger partial charge on any atom is -0.338 e. The van der Waals surface area contributed by atoms with Crippen LogP contribution in [0.1, 0.15) is 17.3 Å². The van der Waals surface area contributed by atoms with E-state index < -0.39 is 5.82 Å². The first kappa shape index (κ1) is 15.8. The van der Waals surface area contributed by atoms with Crippen molar-refractivity contribution in [2.75, 3.05) is 32.7 Å². The van der Waals surface area contributed by atoms with Crippen molar-refractivity contribution in [3.63, 3.8) is 0 Å². The number of urea groups is 1. The van der Waals surface area contributed by atoms with E-state index in [-0.39, 0.29) is 11.9 Å². The van der Waals surface area contributed by atoms with E-state index in [1.165, 1.54) is 12.1 Å². The van der Waals surface area contributed by atoms with Gasteiger partial charge in [0.2, 0.25) is 0 Å². The third-order valence-corrected chi connectivity index (χ3v) is 3.99. The number of benzene rings is 1. The molecule has 7 heteroatoms. The van der Waals surface area contributed by atoms with Gasteiger partial charge >= 0.3 is 6.03 Å². The van der Waals surface area contributed by atoms with E-state index >= 15 is 0 Å². The molecule has 0 aromatic heterocycles. The van der Waals surface area contributed by atoms with Crippen molar-refractivity contribution in [2.45, 2.75) is 6.92 Å². The van der Waals surface area contributed by atoms with Crippen LogP contribution in [-0.2, 0) is 0 Å². The Labute approximate surface area is 131 Å². The van der Waals surface area contributed by atoms with E-state index in [0.29, 0.717) is 42.8 Å². The zero-order valence-corrected chi connectivity index (χ0v) is 13.3. The average molecular weight is 358 g/mol. The summed E-state index contributed by atoms with van der Waals surface area (Å²) in [7, 11) is 0. The molecule has 21 heavy (non-hydrogen) atoms. The van der Waals surface area contributed by atoms with E-state index in [2.05, 4.69) is 21.2 Å². The summed E-state index contributed by atoms with van der Waals surface area (Å²) in [4.78, 5) is 27.3. The molecule has 1 aliphatic rings. The second kappa shape index (κ2) is 6.89. The van der Waals surface area contributed by atoms with Crippen molar-refractivity contribution in [3.8, 4) is 0 Å². The lowest BCUT2D eigenvalue weighted by atomic mass is 10.2. The zero-order chi connectivity index (χ0) is 15.4. The molecule has 3 amide bonds. The van der Waals surface area contributed by atoms with Gasteiger partial charge in [0.05, 0.1) is 4.47 Å². The molecular formula is C14H17BrFN3O2. The van der Waals surface area contributed by atoms with E-state index in [1.54, 1.807) is 15.9 Å². The van der Waals surface area contributed by atoms with Crippen LogP contribution in [-0.4, -0.2) is 54.5 Å². The van der Waals surface area contributed by atoms with Crippen molar-refractivity contribution < 1.29 is 14.0 Å². The summed E-state index contributed by atoms with van der Waals surface area (Å²) in [6.07, 6.45) is 0. The normalized spacial score (nSPS) is 15.0. The molecule has 0 spiro atoms. The van der Waals surface area contributed by atoms with E-state index in [4.69, 9.17) is 0 Å². The molecule has 1 heterocycles. The van der Waals surface area contributed by atoms with Gasteiger partial charge in [-0.2, -0.15) is 0 Å². The van der Waals surface area contributed by atoms with Gasteiger partial charge in [-0.1, -0.05) is 0 Å². The Morgan fingerprint density at radius 2 is 1.86 bits per heavy atom. The van der Waals surface area contributed by atoms with Crippen molar-refractivity contribution in [1.82, 2.24) is 15.1 Å². The lowest BCUT2D eigenvalue weighted by Crippen LogP contribution is -2.53. The van der Waals surface area contributed by atoms with Gasteiger partial charge in [0.1, 0.15) is 5.82 Å². The first-order chi connectivity index (χ1) is 10.0. The Bertz CT molecular complexity index is 545. The third-order valence-electron chi connectivity index (χ3n) is 3.35. The van der Waals surface area contributed by atoms with E-state index in [1.807, 2.05) is 6.92 Å². The first-order valence-electron chi connectivity index (χ1n) is 6.80. The standard InChI is InChI=1S/C14H17BrFN3O2/c1-2-17-14(21)19-7-5-18(6-8-19)13(20)10-3-4-11(15)12(16)9-10/h3-4,9H,2,5-8H2,1H3,(H,17,21). The van der Waals surface area contributed by atoms with Crippen LogP contribution in [0.2, 0.25) is 0 Å². The number of carbonyl (C=O) groups excluding carboxylic acids is 2. The molecule has 1 aromatic carbocycles. The first-order valence-corrected chi connectivity index (χ1v) is 7.59. The topological polar surface area (TPSA) is 52.7 Å². The molecule has 1 aliphatic heterocycles. The fourth-order valence-corrected chi connectivity index (χ4v) is 2.43. The maximum Gasteiger partial charge on any atom is 0.317 e. The largest absolute Gasteiger partial charge is 0.338 e. The van der Waals surface area contributed by atoms with Crippen LogP contribution >= 0.6 is 15.9 Å². The van der Waals surface area contributed by atoms with Gasteiger partial charge in [-0.15, -0.1) is 0 Å². The van der Waals surface area contributed by atoms with Crippen LogP contribution in [0, 0.1) is 5.82 Å². The van der Waals surface area contributed by atoms with Crippen molar-refractivity contribution in [1.29, 1.82) is 0 Å². The Kier molecular flexibility index (Phi) is 5.17. The van der Waals surface area contributed by atoms with Gasteiger partial charge < -0.3 is 15.1 Å². The lowest BCUT2D eigenvalue weighted by molar-refractivity contribution is 0.0665. The molecule has 1 N–H and O–H groups in total. The predicted octanol–water partition coefficient (Wildman–Crippen LogP) is 2.08. The number of hydrogen-bond acceptors (Lipinski definition) is 2. The summed E-state index contributed by atoms with van der Waals surface area (Å²) in [5, 5.41) is 2.73. The Morgan fingerprint density at radius 1 is 1.24 bits per heavy atom. The fraction of sp³-hybridized carbons (Fsp3) is 0.429. The number of nitrogens with zero attached hydrogens (tertiary/aromatic N) is 2. The number of rotatable bonds is 2. The highest BCUT2D eigenvalue weighted by molar-refractivity contribution is 9.10. The molecule has 0 radical (unpaired) electrons. The van der Waals surface area contributed by atoms with E-state index in [9.17, 15) is 14.0 Å². The number of carbonyl (C=O) groups is 2. The van der Waals surface area contributed by atoms with Crippen LogP contribution in [0.5, 0.6) is 0 Å². The summed E-state index contributed by atoms with van der Waals surface area (Å²) < 4.78 is 13.8. The van der Waals surface area contributed by atoms with Crippen molar-refractivity contribution >= 4 is 27.9 Å². The van der Waals surface area contributed by atoms with Crippen LogP contribution in [0.4, 0.5) is 9.18 Å². The lowest BCUT2D eigenvalue weighted by Gasteiger charge is -2.34. The van der Waals surface area contributed by atoms with Gasteiger partial charge in [-0.3, -0.25) is 4.79 Å². The van der Waals surface area contributed by atoms with Crippen LogP contribution < -0.4 is 5.32 Å². The van der Waals surface area contributed by atoms with Crippen LogP contribution in [0.3, 0.4) is 0 Å². The molecule has 114 valence electrons. The monoisotopic (exact) mass is 357 g/mol. The second-order valence-corrected chi connectivity index (χ2v) is 5.60. The molecule has 1 fully saturated rings. The van der Waals surface area contributed by atoms with Gasteiger partial charge in [0, 0.05) is 38.3 Å². The maximum absolute atomic E-state index is 13.5. The summed E-state index contributed by atoms with van der Waals surface area (Å²) in [5.74, 6) is -0.668. The summed E-state index contributed by atoms with van der Waals surface area (Å²) in [6.45, 7) is 4.31. The molecule has 1 aromatic rings. The number of piperazine rings is 1. The highest BCUT2D eigenvalue weighted by Gasteiger charge is 2.24. The van der Waals surface area contributed by atoms with Gasteiger partial charge in [0.25, 0.3) is 5.91 Å². The molecule has 0 atom stereocenters. The van der Waals surface area contributed by atoms with Gasteiger partial charge in [-0.05, 0) is 41.1 Å². The highest BCUT2D eigenvalue weighted by Crippen LogP contribution is 2.18. The van der Waals surface area contributed by atoms with Crippen molar-refractivity contribution in [2.24, 2.45) is 0 Å². The Balaban J connectivity index is 1.97. The third kappa shape index (κ3) is 3.72. The Morgan fingerprint density at radius 3 is 2.43 bits per heavy atom.